The lowest BCUT2D eigenvalue weighted by Crippen LogP contribution is -2.58. The Labute approximate surface area is 132 Å². The van der Waals surface area contributed by atoms with Gasteiger partial charge in [-0.25, -0.2) is 0 Å². The van der Waals surface area contributed by atoms with Gasteiger partial charge in [0.25, 0.3) is 0 Å². The summed E-state index contributed by atoms with van der Waals surface area (Å²) in [5.74, 6) is 2.66. The zero-order chi connectivity index (χ0) is 14.8. The van der Waals surface area contributed by atoms with Crippen molar-refractivity contribution in [1.29, 1.82) is 0 Å². The minimum atomic E-state index is 0.752. The van der Waals surface area contributed by atoms with Gasteiger partial charge in [0.15, 0.2) is 0 Å². The molecule has 0 aromatic heterocycles. The summed E-state index contributed by atoms with van der Waals surface area (Å²) in [5.41, 5.74) is 0. The van der Waals surface area contributed by atoms with Crippen molar-refractivity contribution in [3.05, 3.63) is 0 Å². The van der Waals surface area contributed by atoms with Crippen LogP contribution in [-0.2, 0) is 0 Å². The molecule has 3 rings (SSSR count). The van der Waals surface area contributed by atoms with Gasteiger partial charge in [0, 0.05) is 31.2 Å². The normalized spacial score (nSPS) is 39.4. The van der Waals surface area contributed by atoms with E-state index >= 15 is 0 Å². The van der Waals surface area contributed by atoms with Gasteiger partial charge in [-0.1, -0.05) is 40.0 Å². The Morgan fingerprint density at radius 1 is 0.905 bits per heavy atom. The second-order valence-electron chi connectivity index (χ2n) is 8.51. The molecule has 2 saturated carbocycles. The molecule has 0 amide bonds. The van der Waals surface area contributed by atoms with Crippen LogP contribution in [0.3, 0.4) is 0 Å². The number of nitrogens with zero attached hydrogens (tertiary/aromatic N) is 1. The van der Waals surface area contributed by atoms with Gasteiger partial charge in [0.05, 0.1) is 0 Å². The molecule has 0 aromatic rings. The van der Waals surface area contributed by atoms with Gasteiger partial charge in [-0.15, -0.1) is 0 Å². The third kappa shape index (κ3) is 3.82. The molecule has 122 valence electrons. The molecule has 1 saturated heterocycles. The largest absolute Gasteiger partial charge is 0.310 e. The first-order chi connectivity index (χ1) is 10.1. The molecule has 0 spiro atoms. The summed E-state index contributed by atoms with van der Waals surface area (Å²) in [5, 5.41) is 4.05. The summed E-state index contributed by atoms with van der Waals surface area (Å²) in [6, 6.07) is 2.46. The molecular formula is C19H36N2. The van der Waals surface area contributed by atoms with Crippen molar-refractivity contribution in [1.82, 2.24) is 10.2 Å². The number of likely N-dealkylation sites (tertiary alicyclic amines) is 1. The van der Waals surface area contributed by atoms with Crippen LogP contribution in [0, 0.1) is 17.8 Å². The SMILES string of the molecule is CC(C)C1CC(NC2CCCCC2)CN(C2CCC2C)C1. The van der Waals surface area contributed by atoms with Crippen LogP contribution in [0.25, 0.3) is 0 Å². The zero-order valence-electron chi connectivity index (χ0n) is 14.5. The highest BCUT2D eigenvalue weighted by atomic mass is 15.2. The van der Waals surface area contributed by atoms with Gasteiger partial charge in [-0.05, 0) is 49.9 Å². The molecule has 3 aliphatic rings. The number of rotatable bonds is 4. The quantitative estimate of drug-likeness (QED) is 0.841. The Morgan fingerprint density at radius 2 is 1.67 bits per heavy atom. The zero-order valence-corrected chi connectivity index (χ0v) is 14.5. The summed E-state index contributed by atoms with van der Waals surface area (Å²) in [6.07, 6.45) is 11.5. The van der Waals surface area contributed by atoms with Crippen molar-refractivity contribution in [3.63, 3.8) is 0 Å². The van der Waals surface area contributed by atoms with E-state index in [0.717, 1.165) is 35.9 Å². The van der Waals surface area contributed by atoms with Gasteiger partial charge in [-0.3, -0.25) is 4.90 Å². The van der Waals surface area contributed by atoms with E-state index in [0.29, 0.717) is 0 Å². The van der Waals surface area contributed by atoms with Gasteiger partial charge in [-0.2, -0.15) is 0 Å². The van der Waals surface area contributed by atoms with E-state index in [9.17, 15) is 0 Å². The third-order valence-corrected chi connectivity index (χ3v) is 6.57. The molecule has 1 N–H and O–H groups in total. The van der Waals surface area contributed by atoms with Crippen molar-refractivity contribution in [2.75, 3.05) is 13.1 Å². The fourth-order valence-electron chi connectivity index (χ4n) is 4.84. The summed E-state index contributed by atoms with van der Waals surface area (Å²) in [4.78, 5) is 2.85. The molecule has 2 heteroatoms. The maximum Gasteiger partial charge on any atom is 0.0200 e. The molecular weight excluding hydrogens is 256 g/mol. The standard InChI is InChI=1S/C19H36N2/c1-14(2)16-11-18(20-17-7-5-4-6-8-17)13-21(12-16)19-10-9-15(19)3/h14-20H,4-13H2,1-3H3. The minimum absolute atomic E-state index is 0.752. The predicted molar refractivity (Wildman–Crippen MR) is 90.5 cm³/mol. The maximum absolute atomic E-state index is 4.05. The minimum Gasteiger partial charge on any atom is -0.310 e. The molecule has 0 bridgehead atoms. The van der Waals surface area contributed by atoms with Crippen LogP contribution in [0.5, 0.6) is 0 Å². The van der Waals surface area contributed by atoms with Crippen LogP contribution in [0.1, 0.15) is 72.1 Å². The molecule has 1 heterocycles. The Bertz CT molecular complexity index is 322. The molecule has 3 fully saturated rings. The van der Waals surface area contributed by atoms with Crippen molar-refractivity contribution >= 4 is 0 Å². The van der Waals surface area contributed by atoms with Crippen LogP contribution >= 0.6 is 0 Å². The first-order valence-corrected chi connectivity index (χ1v) is 9.63. The van der Waals surface area contributed by atoms with E-state index in [-0.39, 0.29) is 0 Å². The van der Waals surface area contributed by atoms with Crippen molar-refractivity contribution in [3.8, 4) is 0 Å². The highest BCUT2D eigenvalue weighted by Crippen LogP contribution is 2.36. The Morgan fingerprint density at radius 3 is 2.24 bits per heavy atom. The van der Waals surface area contributed by atoms with Gasteiger partial charge < -0.3 is 5.32 Å². The van der Waals surface area contributed by atoms with E-state index in [1.165, 1.54) is 64.5 Å². The Hall–Kier alpha value is -0.0800. The van der Waals surface area contributed by atoms with E-state index in [2.05, 4.69) is 31.0 Å². The molecule has 0 radical (unpaired) electrons. The number of nitrogens with one attached hydrogen (secondary N) is 1. The van der Waals surface area contributed by atoms with Crippen molar-refractivity contribution < 1.29 is 0 Å². The van der Waals surface area contributed by atoms with Crippen molar-refractivity contribution in [2.45, 2.75) is 90.3 Å². The summed E-state index contributed by atoms with van der Waals surface area (Å²) >= 11 is 0. The van der Waals surface area contributed by atoms with Gasteiger partial charge in [0.2, 0.25) is 0 Å². The van der Waals surface area contributed by atoms with Crippen LogP contribution < -0.4 is 5.32 Å². The topological polar surface area (TPSA) is 15.3 Å². The fraction of sp³-hybridized carbons (Fsp3) is 1.00. The maximum atomic E-state index is 4.05. The second kappa shape index (κ2) is 7.00. The lowest BCUT2D eigenvalue weighted by Gasteiger charge is -2.50. The van der Waals surface area contributed by atoms with Crippen LogP contribution in [0.4, 0.5) is 0 Å². The molecule has 21 heavy (non-hydrogen) atoms. The highest BCUT2D eigenvalue weighted by molar-refractivity contribution is 4.94. The molecule has 2 aliphatic carbocycles. The lowest BCUT2D eigenvalue weighted by molar-refractivity contribution is 0.0105. The van der Waals surface area contributed by atoms with E-state index in [4.69, 9.17) is 0 Å². The number of hydrogen-bond donors (Lipinski definition) is 1. The summed E-state index contributed by atoms with van der Waals surface area (Å²) < 4.78 is 0. The smallest absolute Gasteiger partial charge is 0.0200 e. The molecule has 1 aliphatic heterocycles. The first-order valence-electron chi connectivity index (χ1n) is 9.63. The van der Waals surface area contributed by atoms with Gasteiger partial charge >= 0.3 is 0 Å². The predicted octanol–water partition coefficient (Wildman–Crippen LogP) is 4.05. The highest BCUT2D eigenvalue weighted by Gasteiger charge is 2.38. The average molecular weight is 293 g/mol. The number of hydrogen-bond acceptors (Lipinski definition) is 2. The molecule has 4 unspecified atom stereocenters. The molecule has 2 nitrogen and oxygen atoms in total. The fourth-order valence-corrected chi connectivity index (χ4v) is 4.84. The number of piperidine rings is 1. The molecule has 4 atom stereocenters. The molecule has 0 aromatic carbocycles. The van der Waals surface area contributed by atoms with Crippen LogP contribution in [0.15, 0.2) is 0 Å². The third-order valence-electron chi connectivity index (χ3n) is 6.57. The van der Waals surface area contributed by atoms with E-state index in [1.807, 2.05) is 0 Å². The first kappa shape index (κ1) is 15.8. The summed E-state index contributed by atoms with van der Waals surface area (Å²) in [7, 11) is 0. The second-order valence-corrected chi connectivity index (χ2v) is 8.51. The average Bonchev–Trinajstić information content (AvgIpc) is 2.46. The van der Waals surface area contributed by atoms with Crippen LogP contribution in [0.2, 0.25) is 0 Å². The Balaban J connectivity index is 1.59. The summed E-state index contributed by atoms with van der Waals surface area (Å²) in [6.45, 7) is 9.98. The van der Waals surface area contributed by atoms with E-state index < -0.39 is 0 Å². The monoisotopic (exact) mass is 292 g/mol. The van der Waals surface area contributed by atoms with Crippen molar-refractivity contribution in [2.24, 2.45) is 17.8 Å². The van der Waals surface area contributed by atoms with E-state index in [1.54, 1.807) is 0 Å². The lowest BCUT2D eigenvalue weighted by atomic mass is 9.76. The van der Waals surface area contributed by atoms with Crippen LogP contribution in [-0.4, -0.2) is 36.1 Å². The Kier molecular flexibility index (Phi) is 5.27. The van der Waals surface area contributed by atoms with Gasteiger partial charge in [0.1, 0.15) is 0 Å².